The summed E-state index contributed by atoms with van der Waals surface area (Å²) in [6.07, 6.45) is 47.3. The third-order valence-corrected chi connectivity index (χ3v) is 19.3. The Morgan fingerprint density at radius 1 is 0.301 bits per heavy atom. The van der Waals surface area contributed by atoms with Gasteiger partial charge in [-0.1, -0.05) is 319 Å². The van der Waals surface area contributed by atoms with Crippen molar-refractivity contribution in [2.24, 2.45) is 23.7 Å². The molecule has 0 radical (unpaired) electrons. The number of hydrogen-bond donors (Lipinski definition) is 3. The summed E-state index contributed by atoms with van der Waals surface area (Å²) in [5, 5.41) is 10.6. The first kappa shape index (κ1) is 91.1. The average Bonchev–Trinajstić information content (AvgIpc) is 2.39. The van der Waals surface area contributed by atoms with Crippen LogP contribution in [-0.4, -0.2) is 96.7 Å². The zero-order chi connectivity index (χ0) is 68.9. The molecule has 0 spiro atoms. The second-order valence-electron chi connectivity index (χ2n) is 28.4. The summed E-state index contributed by atoms with van der Waals surface area (Å²) in [5.74, 6) is 0.891. The fourth-order valence-corrected chi connectivity index (χ4v) is 12.7. The smallest absolute Gasteiger partial charge is 0.462 e. The summed E-state index contributed by atoms with van der Waals surface area (Å²) in [6.45, 7) is 14.1. The first-order valence-electron chi connectivity index (χ1n) is 38.2. The van der Waals surface area contributed by atoms with Gasteiger partial charge in [0.2, 0.25) is 0 Å². The number of carbonyl (C=O) groups excluding carboxylic acids is 4. The standard InChI is InChI=1S/C74H144O17P2/c1-9-67(8)53-45-37-32-33-41-49-57-74(79)91-70(61-85-72(77)55-47-39-30-25-24-28-36-44-52-66(6)7)63-89-93(82,83)87-59-68(75)58-86-92(80,81)88-62-69(90-73(78)56-48-40-31-23-19-15-17-21-27-35-43-51-65(4)5)60-84-71(76)54-46-38-29-22-18-14-12-10-11-13-16-20-26-34-42-50-64(2)3/h64-70,75H,9-63H2,1-8H3,(H,80,81)(H,82,83)/t67?,68?,69-,70-/m1/s1. The number of rotatable bonds is 71. The predicted octanol–water partition coefficient (Wildman–Crippen LogP) is 21.3. The molecule has 0 aromatic heterocycles. The lowest BCUT2D eigenvalue weighted by Crippen LogP contribution is -2.30. The molecule has 0 aromatic rings. The van der Waals surface area contributed by atoms with Crippen LogP contribution < -0.4 is 0 Å². The van der Waals surface area contributed by atoms with Crippen LogP contribution in [0.15, 0.2) is 0 Å². The third-order valence-electron chi connectivity index (χ3n) is 17.4. The molecule has 0 amide bonds. The van der Waals surface area contributed by atoms with Crippen molar-refractivity contribution in [3.05, 3.63) is 0 Å². The molecular formula is C74H144O17P2. The van der Waals surface area contributed by atoms with Crippen molar-refractivity contribution in [1.82, 2.24) is 0 Å². The van der Waals surface area contributed by atoms with Crippen LogP contribution >= 0.6 is 15.6 Å². The predicted molar refractivity (Wildman–Crippen MR) is 377 cm³/mol. The topological polar surface area (TPSA) is 237 Å². The summed E-state index contributed by atoms with van der Waals surface area (Å²) in [5.41, 5.74) is 0. The van der Waals surface area contributed by atoms with Crippen LogP contribution in [0, 0.1) is 23.7 Å². The largest absolute Gasteiger partial charge is 0.472 e. The maximum atomic E-state index is 13.1. The van der Waals surface area contributed by atoms with Crippen LogP contribution in [0.4, 0.5) is 0 Å². The quantitative estimate of drug-likeness (QED) is 0.0222. The van der Waals surface area contributed by atoms with E-state index in [-0.39, 0.29) is 25.7 Å². The molecule has 0 aliphatic carbocycles. The van der Waals surface area contributed by atoms with Gasteiger partial charge in [-0.25, -0.2) is 9.13 Å². The van der Waals surface area contributed by atoms with Crippen LogP contribution in [0.3, 0.4) is 0 Å². The molecule has 0 aliphatic rings. The van der Waals surface area contributed by atoms with Crippen LogP contribution in [0.1, 0.15) is 370 Å². The van der Waals surface area contributed by atoms with Crippen molar-refractivity contribution in [3.8, 4) is 0 Å². The van der Waals surface area contributed by atoms with Gasteiger partial charge in [0.25, 0.3) is 0 Å². The highest BCUT2D eigenvalue weighted by Crippen LogP contribution is 2.45. The first-order chi connectivity index (χ1) is 44.6. The molecule has 3 N–H and O–H groups in total. The number of hydrogen-bond acceptors (Lipinski definition) is 15. The zero-order valence-corrected chi connectivity index (χ0v) is 62.7. The van der Waals surface area contributed by atoms with E-state index in [9.17, 15) is 43.2 Å². The Morgan fingerprint density at radius 2 is 0.516 bits per heavy atom. The van der Waals surface area contributed by atoms with Crippen LogP contribution in [0.2, 0.25) is 0 Å². The third kappa shape index (κ3) is 67.0. The fourth-order valence-electron chi connectivity index (χ4n) is 11.2. The van der Waals surface area contributed by atoms with Crippen molar-refractivity contribution in [2.45, 2.75) is 388 Å². The van der Waals surface area contributed by atoms with Crippen LogP contribution in [0.5, 0.6) is 0 Å². The van der Waals surface area contributed by atoms with E-state index in [1.54, 1.807) is 0 Å². The van der Waals surface area contributed by atoms with Crippen LogP contribution in [-0.2, 0) is 65.4 Å². The lowest BCUT2D eigenvalue weighted by Gasteiger charge is -2.21. The molecule has 0 fully saturated rings. The summed E-state index contributed by atoms with van der Waals surface area (Å²) in [4.78, 5) is 72.7. The van der Waals surface area contributed by atoms with E-state index in [4.69, 9.17) is 37.0 Å². The molecule has 19 heteroatoms. The zero-order valence-electron chi connectivity index (χ0n) is 60.9. The Hall–Kier alpha value is -1.94. The maximum absolute atomic E-state index is 13.1. The lowest BCUT2D eigenvalue weighted by molar-refractivity contribution is -0.161. The van der Waals surface area contributed by atoms with Crippen molar-refractivity contribution < 1.29 is 80.2 Å². The highest BCUT2D eigenvalue weighted by Gasteiger charge is 2.30. The highest BCUT2D eigenvalue weighted by molar-refractivity contribution is 7.47. The number of unbranched alkanes of at least 4 members (excludes halogenated alkanes) is 36. The molecule has 6 atom stereocenters. The van der Waals surface area contributed by atoms with Crippen molar-refractivity contribution in [1.29, 1.82) is 0 Å². The van der Waals surface area contributed by atoms with Gasteiger partial charge in [0.15, 0.2) is 12.2 Å². The number of phosphoric ester groups is 2. The molecule has 0 rings (SSSR count). The number of phosphoric acid groups is 2. The maximum Gasteiger partial charge on any atom is 0.472 e. The van der Waals surface area contributed by atoms with E-state index >= 15 is 0 Å². The Morgan fingerprint density at radius 3 is 0.763 bits per heavy atom. The van der Waals surface area contributed by atoms with E-state index in [2.05, 4.69) is 55.4 Å². The SMILES string of the molecule is CCC(C)CCCCCCCCC(=O)O[C@H](COC(=O)CCCCCCCCCCC(C)C)COP(=O)(O)OCC(O)COP(=O)(O)OC[C@@H](COC(=O)CCCCCCCCCCCCCCCCCC(C)C)OC(=O)CCCCCCCCCCCCCC(C)C. The Balaban J connectivity index is 5.23. The van der Waals surface area contributed by atoms with E-state index in [1.165, 1.54) is 173 Å². The van der Waals surface area contributed by atoms with Crippen molar-refractivity contribution in [3.63, 3.8) is 0 Å². The molecule has 4 unspecified atom stereocenters. The minimum absolute atomic E-state index is 0.102. The minimum atomic E-state index is -4.96. The van der Waals surface area contributed by atoms with Gasteiger partial charge in [-0.05, 0) is 49.4 Å². The molecule has 0 aliphatic heterocycles. The Bertz CT molecular complexity index is 1840. The van der Waals surface area contributed by atoms with E-state index in [0.29, 0.717) is 25.7 Å². The molecule has 0 heterocycles. The molecule has 0 aromatic carbocycles. The van der Waals surface area contributed by atoms with Gasteiger partial charge in [0, 0.05) is 25.7 Å². The van der Waals surface area contributed by atoms with Gasteiger partial charge in [0.05, 0.1) is 26.4 Å². The molecule has 0 saturated heterocycles. The summed E-state index contributed by atoms with van der Waals surface area (Å²) in [7, 11) is -9.91. The summed E-state index contributed by atoms with van der Waals surface area (Å²) in [6, 6.07) is 0. The molecule has 0 bridgehead atoms. The first-order valence-corrected chi connectivity index (χ1v) is 41.2. The Labute approximate surface area is 568 Å². The molecule has 93 heavy (non-hydrogen) atoms. The fraction of sp³-hybridized carbons (Fsp3) is 0.946. The highest BCUT2D eigenvalue weighted by atomic mass is 31.2. The number of aliphatic hydroxyl groups excluding tert-OH is 1. The lowest BCUT2D eigenvalue weighted by atomic mass is 10.00. The number of carbonyl (C=O) groups is 4. The van der Waals surface area contributed by atoms with Gasteiger partial charge in [-0.3, -0.25) is 37.3 Å². The van der Waals surface area contributed by atoms with Gasteiger partial charge < -0.3 is 33.8 Å². The van der Waals surface area contributed by atoms with Crippen LogP contribution in [0.25, 0.3) is 0 Å². The number of esters is 4. The second kappa shape index (κ2) is 63.5. The molecule has 552 valence electrons. The van der Waals surface area contributed by atoms with Crippen molar-refractivity contribution >= 4 is 39.5 Å². The minimum Gasteiger partial charge on any atom is -0.462 e. The normalized spacial score (nSPS) is 14.5. The van der Waals surface area contributed by atoms with Gasteiger partial charge in [-0.15, -0.1) is 0 Å². The average molecular weight is 1370 g/mol. The Kier molecular flexibility index (Phi) is 62.2. The molecule has 17 nitrogen and oxygen atoms in total. The monoisotopic (exact) mass is 1370 g/mol. The molecule has 0 saturated carbocycles. The van der Waals surface area contributed by atoms with Crippen molar-refractivity contribution in [2.75, 3.05) is 39.6 Å². The van der Waals surface area contributed by atoms with Gasteiger partial charge >= 0.3 is 39.5 Å². The summed E-state index contributed by atoms with van der Waals surface area (Å²) >= 11 is 0. The van der Waals surface area contributed by atoms with Gasteiger partial charge in [0.1, 0.15) is 19.3 Å². The molecular weight excluding hydrogens is 1220 g/mol. The van der Waals surface area contributed by atoms with Gasteiger partial charge in [-0.2, -0.15) is 0 Å². The number of aliphatic hydroxyl groups is 1. The summed E-state index contributed by atoms with van der Waals surface area (Å²) < 4.78 is 68.4. The van der Waals surface area contributed by atoms with E-state index in [0.717, 1.165) is 114 Å². The second-order valence-corrected chi connectivity index (χ2v) is 31.3. The van der Waals surface area contributed by atoms with E-state index < -0.39 is 97.5 Å². The van der Waals surface area contributed by atoms with E-state index in [1.807, 2.05) is 0 Å². The number of ether oxygens (including phenoxy) is 4.